The Hall–Kier alpha value is -2.14. The number of piperidine rings is 1. The molecule has 3 rings (SSSR count). The Bertz CT molecular complexity index is 726. The molecule has 1 aliphatic rings. The molecule has 1 N–H and O–H groups in total. The third-order valence-electron chi connectivity index (χ3n) is 4.87. The van der Waals surface area contributed by atoms with Crippen molar-refractivity contribution in [1.29, 1.82) is 0 Å². The van der Waals surface area contributed by atoms with Gasteiger partial charge < -0.3 is 10.0 Å². The van der Waals surface area contributed by atoms with Gasteiger partial charge in [0.05, 0.1) is 5.52 Å². The molecule has 5 nitrogen and oxygen atoms in total. The lowest BCUT2D eigenvalue weighted by Crippen LogP contribution is -2.36. The van der Waals surface area contributed by atoms with Gasteiger partial charge >= 0.3 is 5.97 Å². The van der Waals surface area contributed by atoms with Crippen molar-refractivity contribution in [3.8, 4) is 0 Å². The van der Waals surface area contributed by atoms with E-state index in [-0.39, 0.29) is 0 Å². The smallest absolute Gasteiger partial charge is 0.320 e. The summed E-state index contributed by atoms with van der Waals surface area (Å²) in [6.07, 6.45) is 3.65. The van der Waals surface area contributed by atoms with E-state index in [1.165, 1.54) is 19.3 Å². The number of carbonyl (C=O) groups is 1. The van der Waals surface area contributed by atoms with E-state index >= 15 is 0 Å². The Balaban J connectivity index is 1.98. The molecule has 2 heterocycles. The van der Waals surface area contributed by atoms with Crippen LogP contribution in [0.5, 0.6) is 0 Å². The van der Waals surface area contributed by atoms with E-state index in [1.807, 2.05) is 30.1 Å². The minimum Gasteiger partial charge on any atom is -0.480 e. The second kappa shape index (κ2) is 7.18. The summed E-state index contributed by atoms with van der Waals surface area (Å²) < 4.78 is 0. The van der Waals surface area contributed by atoms with Crippen molar-refractivity contribution in [3.63, 3.8) is 0 Å². The largest absolute Gasteiger partial charge is 0.480 e. The molecule has 0 spiro atoms. The van der Waals surface area contributed by atoms with Crippen molar-refractivity contribution in [3.05, 3.63) is 35.9 Å². The normalized spacial score (nSPS) is 16.5. The highest BCUT2D eigenvalue weighted by molar-refractivity contribution is 5.82. The molecular formula is C19H25N3O2. The van der Waals surface area contributed by atoms with Gasteiger partial charge in [-0.2, -0.15) is 0 Å². The molecular weight excluding hydrogens is 302 g/mol. The highest BCUT2D eigenvalue weighted by Gasteiger charge is 2.21. The number of rotatable bonds is 5. The number of benzene rings is 1. The third kappa shape index (κ3) is 3.51. The van der Waals surface area contributed by atoms with Gasteiger partial charge in [0.1, 0.15) is 11.9 Å². The molecule has 0 aliphatic carbocycles. The fraction of sp³-hybridized carbons (Fsp3) is 0.474. The Morgan fingerprint density at radius 2 is 2.00 bits per heavy atom. The molecule has 1 aliphatic heterocycles. The number of carboxylic acid groups (broad SMARTS) is 1. The summed E-state index contributed by atoms with van der Waals surface area (Å²) in [5.41, 5.74) is 2.10. The minimum atomic E-state index is -0.800. The summed E-state index contributed by atoms with van der Waals surface area (Å²) in [5.74, 6) is 0.212. The van der Waals surface area contributed by atoms with Crippen LogP contribution < -0.4 is 4.90 Å². The van der Waals surface area contributed by atoms with Gasteiger partial charge in [0.15, 0.2) is 0 Å². The van der Waals surface area contributed by atoms with Gasteiger partial charge in [0.2, 0.25) is 0 Å². The monoisotopic (exact) mass is 327 g/mol. The third-order valence-corrected chi connectivity index (χ3v) is 4.87. The number of pyridine rings is 1. The molecule has 1 aromatic heterocycles. The zero-order chi connectivity index (χ0) is 17.1. The van der Waals surface area contributed by atoms with E-state index in [0.717, 1.165) is 35.4 Å². The van der Waals surface area contributed by atoms with Crippen LogP contribution in [0.15, 0.2) is 30.3 Å². The van der Waals surface area contributed by atoms with E-state index in [4.69, 9.17) is 4.98 Å². The number of hydrogen-bond donors (Lipinski definition) is 1. The van der Waals surface area contributed by atoms with Gasteiger partial charge in [0.25, 0.3) is 0 Å². The van der Waals surface area contributed by atoms with E-state index in [2.05, 4.69) is 17.0 Å². The average molecular weight is 327 g/mol. The first kappa shape index (κ1) is 16.7. The number of fused-ring (bicyclic) bond motifs is 1. The SMILES string of the molecule is CC(C(=O)O)N(C)Cc1cc2ccccc2nc1N1CCCCC1. The molecule has 1 atom stereocenters. The second-order valence-electron chi connectivity index (χ2n) is 6.64. The Labute approximate surface area is 142 Å². The maximum atomic E-state index is 11.3. The van der Waals surface area contributed by atoms with Crippen molar-refractivity contribution in [2.75, 3.05) is 25.0 Å². The number of hydrogen-bond acceptors (Lipinski definition) is 4. The van der Waals surface area contributed by atoms with Crippen LogP contribution in [0, 0.1) is 0 Å². The first-order chi connectivity index (χ1) is 11.6. The van der Waals surface area contributed by atoms with Crippen molar-refractivity contribution >= 4 is 22.7 Å². The van der Waals surface area contributed by atoms with Crippen LogP contribution in [0.1, 0.15) is 31.7 Å². The average Bonchev–Trinajstić information content (AvgIpc) is 2.61. The molecule has 1 unspecified atom stereocenters. The highest BCUT2D eigenvalue weighted by atomic mass is 16.4. The predicted molar refractivity (Wildman–Crippen MR) is 96.4 cm³/mol. The maximum absolute atomic E-state index is 11.3. The summed E-state index contributed by atoms with van der Waals surface area (Å²) in [7, 11) is 1.86. The Kier molecular flexibility index (Phi) is 5.00. The van der Waals surface area contributed by atoms with Crippen LogP contribution in [0.3, 0.4) is 0 Å². The lowest BCUT2D eigenvalue weighted by atomic mass is 10.1. The molecule has 0 saturated carbocycles. The lowest BCUT2D eigenvalue weighted by molar-refractivity contribution is -0.142. The summed E-state index contributed by atoms with van der Waals surface area (Å²) in [5, 5.41) is 10.4. The number of nitrogens with zero attached hydrogens (tertiary/aromatic N) is 3. The van der Waals surface area contributed by atoms with Crippen molar-refractivity contribution in [2.24, 2.45) is 0 Å². The number of anilines is 1. The van der Waals surface area contributed by atoms with Gasteiger partial charge in [-0.1, -0.05) is 18.2 Å². The topological polar surface area (TPSA) is 56.7 Å². The second-order valence-corrected chi connectivity index (χ2v) is 6.64. The highest BCUT2D eigenvalue weighted by Crippen LogP contribution is 2.27. The van der Waals surface area contributed by atoms with Crippen LogP contribution in [-0.2, 0) is 11.3 Å². The van der Waals surface area contributed by atoms with Crippen LogP contribution in [0.25, 0.3) is 10.9 Å². The number of para-hydroxylation sites is 1. The molecule has 0 amide bonds. The fourth-order valence-electron chi connectivity index (χ4n) is 3.24. The van der Waals surface area contributed by atoms with Gasteiger partial charge in [0, 0.05) is 30.6 Å². The van der Waals surface area contributed by atoms with Crippen LogP contribution in [-0.4, -0.2) is 47.1 Å². The molecule has 1 saturated heterocycles. The van der Waals surface area contributed by atoms with Crippen molar-refractivity contribution < 1.29 is 9.90 Å². The molecule has 0 radical (unpaired) electrons. The van der Waals surface area contributed by atoms with Crippen LogP contribution >= 0.6 is 0 Å². The van der Waals surface area contributed by atoms with E-state index in [0.29, 0.717) is 6.54 Å². The van der Waals surface area contributed by atoms with Gasteiger partial charge in [-0.05, 0) is 45.4 Å². The number of carboxylic acids is 1. The van der Waals surface area contributed by atoms with Gasteiger partial charge in [-0.15, -0.1) is 0 Å². The van der Waals surface area contributed by atoms with Crippen molar-refractivity contribution in [2.45, 2.75) is 38.8 Å². The minimum absolute atomic E-state index is 0.523. The summed E-state index contributed by atoms with van der Waals surface area (Å²) in [6, 6.07) is 9.76. The molecule has 0 bridgehead atoms. The van der Waals surface area contributed by atoms with Crippen LogP contribution in [0.4, 0.5) is 5.82 Å². The summed E-state index contributed by atoms with van der Waals surface area (Å²) >= 11 is 0. The molecule has 5 heteroatoms. The van der Waals surface area contributed by atoms with Gasteiger partial charge in [-0.3, -0.25) is 9.69 Å². The fourth-order valence-corrected chi connectivity index (χ4v) is 3.24. The van der Waals surface area contributed by atoms with E-state index in [9.17, 15) is 9.90 Å². The molecule has 24 heavy (non-hydrogen) atoms. The Morgan fingerprint density at radius 1 is 1.29 bits per heavy atom. The molecule has 2 aromatic rings. The molecule has 128 valence electrons. The zero-order valence-electron chi connectivity index (χ0n) is 14.4. The maximum Gasteiger partial charge on any atom is 0.320 e. The molecule has 1 aromatic carbocycles. The lowest BCUT2D eigenvalue weighted by Gasteiger charge is -2.31. The number of aliphatic carboxylic acids is 1. The number of likely N-dealkylation sites (N-methyl/N-ethyl adjacent to an activating group) is 1. The number of aromatic nitrogens is 1. The van der Waals surface area contributed by atoms with Crippen LogP contribution in [0.2, 0.25) is 0 Å². The quantitative estimate of drug-likeness (QED) is 0.914. The first-order valence-corrected chi connectivity index (χ1v) is 8.63. The van der Waals surface area contributed by atoms with E-state index in [1.54, 1.807) is 6.92 Å². The van der Waals surface area contributed by atoms with E-state index < -0.39 is 12.0 Å². The standard InChI is InChI=1S/C19H25N3O2/c1-14(19(23)24)21(2)13-16-12-15-8-4-5-9-17(15)20-18(16)22-10-6-3-7-11-22/h4-5,8-9,12,14H,3,6-7,10-11,13H2,1-2H3,(H,23,24). The predicted octanol–water partition coefficient (Wildman–Crippen LogP) is 3.13. The molecule has 1 fully saturated rings. The Morgan fingerprint density at radius 3 is 2.71 bits per heavy atom. The van der Waals surface area contributed by atoms with Crippen molar-refractivity contribution in [1.82, 2.24) is 9.88 Å². The summed E-state index contributed by atoms with van der Waals surface area (Å²) in [6.45, 7) is 4.35. The first-order valence-electron chi connectivity index (χ1n) is 8.63. The van der Waals surface area contributed by atoms with Gasteiger partial charge in [-0.25, -0.2) is 4.98 Å². The zero-order valence-corrected chi connectivity index (χ0v) is 14.4. The summed E-state index contributed by atoms with van der Waals surface area (Å²) in [4.78, 5) is 20.4.